The topological polar surface area (TPSA) is 12.0 Å². The highest BCUT2D eigenvalue weighted by Gasteiger charge is 2.27. The molecule has 1 N–H and O–H groups in total. The van der Waals surface area contributed by atoms with Crippen molar-refractivity contribution in [3.63, 3.8) is 0 Å². The van der Waals surface area contributed by atoms with E-state index in [2.05, 4.69) is 12.2 Å². The number of hydrogen-bond acceptors (Lipinski definition) is 1. The smallest absolute Gasteiger partial charge is 0.102 e. The molecular formula is C8H16FN. The molecule has 1 atom stereocenters. The Hall–Kier alpha value is -0.110. The Morgan fingerprint density at radius 1 is 1.60 bits per heavy atom. The first-order valence-electron chi connectivity index (χ1n) is 4.11. The monoisotopic (exact) mass is 145 g/mol. The standard InChI is InChI=1S/C8H16FN/c1-7(8-2-3-8)6-10-5-4-9/h7-8,10H,2-6H2,1H3. The maximum Gasteiger partial charge on any atom is 0.102 e. The molecular weight excluding hydrogens is 129 g/mol. The molecule has 0 spiro atoms. The summed E-state index contributed by atoms with van der Waals surface area (Å²) in [6.07, 6.45) is 2.77. The zero-order valence-electron chi connectivity index (χ0n) is 6.57. The van der Waals surface area contributed by atoms with Crippen LogP contribution in [-0.2, 0) is 0 Å². The molecule has 1 aliphatic carbocycles. The summed E-state index contributed by atoms with van der Waals surface area (Å²) in [6, 6.07) is 0. The van der Waals surface area contributed by atoms with E-state index in [1.165, 1.54) is 12.8 Å². The Bertz CT molecular complexity index is 91.3. The second-order valence-corrected chi connectivity index (χ2v) is 3.21. The van der Waals surface area contributed by atoms with Crippen molar-refractivity contribution in [2.24, 2.45) is 11.8 Å². The van der Waals surface area contributed by atoms with Crippen LogP contribution >= 0.6 is 0 Å². The average molecular weight is 145 g/mol. The molecule has 0 aromatic rings. The first-order valence-corrected chi connectivity index (χ1v) is 4.11. The van der Waals surface area contributed by atoms with E-state index in [4.69, 9.17) is 0 Å². The number of halogens is 1. The molecule has 1 saturated carbocycles. The highest BCUT2D eigenvalue weighted by molar-refractivity contribution is 4.79. The van der Waals surface area contributed by atoms with Crippen LogP contribution in [0.15, 0.2) is 0 Å². The van der Waals surface area contributed by atoms with E-state index < -0.39 is 0 Å². The van der Waals surface area contributed by atoms with Gasteiger partial charge in [0.25, 0.3) is 0 Å². The molecule has 1 fully saturated rings. The molecule has 0 amide bonds. The maximum atomic E-state index is 11.6. The third kappa shape index (κ3) is 2.65. The van der Waals surface area contributed by atoms with Crippen LogP contribution in [0.4, 0.5) is 4.39 Å². The second kappa shape index (κ2) is 3.91. The predicted molar refractivity (Wildman–Crippen MR) is 40.7 cm³/mol. The zero-order valence-corrected chi connectivity index (χ0v) is 6.57. The van der Waals surface area contributed by atoms with Crippen LogP contribution in [-0.4, -0.2) is 19.8 Å². The van der Waals surface area contributed by atoms with Gasteiger partial charge in [-0.3, -0.25) is 0 Å². The second-order valence-electron chi connectivity index (χ2n) is 3.21. The molecule has 2 heteroatoms. The zero-order chi connectivity index (χ0) is 7.40. The van der Waals surface area contributed by atoms with Gasteiger partial charge in [-0.15, -0.1) is 0 Å². The van der Waals surface area contributed by atoms with E-state index in [0.29, 0.717) is 6.54 Å². The quantitative estimate of drug-likeness (QED) is 0.579. The molecule has 0 radical (unpaired) electrons. The largest absolute Gasteiger partial charge is 0.314 e. The number of rotatable bonds is 5. The molecule has 60 valence electrons. The van der Waals surface area contributed by atoms with Crippen molar-refractivity contribution in [1.82, 2.24) is 5.32 Å². The van der Waals surface area contributed by atoms with Crippen molar-refractivity contribution in [3.05, 3.63) is 0 Å². The molecule has 0 aliphatic heterocycles. The van der Waals surface area contributed by atoms with Gasteiger partial charge in [0.15, 0.2) is 0 Å². The lowest BCUT2D eigenvalue weighted by Gasteiger charge is -2.09. The molecule has 0 bridgehead atoms. The van der Waals surface area contributed by atoms with E-state index in [1.807, 2.05) is 0 Å². The Morgan fingerprint density at radius 3 is 2.80 bits per heavy atom. The first kappa shape index (κ1) is 7.99. The normalized spacial score (nSPS) is 21.0. The fourth-order valence-electron chi connectivity index (χ4n) is 1.23. The van der Waals surface area contributed by atoms with E-state index in [0.717, 1.165) is 18.4 Å². The fraction of sp³-hybridized carbons (Fsp3) is 1.00. The Balaban J connectivity index is 1.90. The summed E-state index contributed by atoms with van der Waals surface area (Å²) in [5.41, 5.74) is 0. The van der Waals surface area contributed by atoms with Gasteiger partial charge in [0.05, 0.1) is 0 Å². The molecule has 1 nitrogen and oxygen atoms in total. The molecule has 0 heterocycles. The minimum absolute atomic E-state index is 0.239. The van der Waals surface area contributed by atoms with Gasteiger partial charge in [0.1, 0.15) is 6.67 Å². The van der Waals surface area contributed by atoms with Crippen LogP contribution < -0.4 is 5.32 Å². The van der Waals surface area contributed by atoms with Gasteiger partial charge in [-0.2, -0.15) is 0 Å². The van der Waals surface area contributed by atoms with Gasteiger partial charge in [0, 0.05) is 6.54 Å². The van der Waals surface area contributed by atoms with Crippen LogP contribution in [0.3, 0.4) is 0 Å². The van der Waals surface area contributed by atoms with Crippen molar-refractivity contribution < 1.29 is 4.39 Å². The summed E-state index contributed by atoms with van der Waals surface area (Å²) in [5.74, 6) is 1.69. The van der Waals surface area contributed by atoms with Crippen molar-refractivity contribution in [3.8, 4) is 0 Å². The first-order chi connectivity index (χ1) is 4.84. The minimum Gasteiger partial charge on any atom is -0.314 e. The van der Waals surface area contributed by atoms with E-state index in [1.54, 1.807) is 0 Å². The third-order valence-electron chi connectivity index (χ3n) is 2.16. The summed E-state index contributed by atoms with van der Waals surface area (Å²) >= 11 is 0. The minimum atomic E-state index is -0.239. The van der Waals surface area contributed by atoms with Crippen molar-refractivity contribution >= 4 is 0 Å². The van der Waals surface area contributed by atoms with Gasteiger partial charge >= 0.3 is 0 Å². The van der Waals surface area contributed by atoms with Gasteiger partial charge in [-0.25, -0.2) is 4.39 Å². The highest BCUT2D eigenvalue weighted by Crippen LogP contribution is 2.35. The molecule has 1 unspecified atom stereocenters. The lowest BCUT2D eigenvalue weighted by molar-refractivity contribution is 0.420. The summed E-state index contributed by atoms with van der Waals surface area (Å²) in [4.78, 5) is 0. The summed E-state index contributed by atoms with van der Waals surface area (Å²) < 4.78 is 11.6. The van der Waals surface area contributed by atoms with Gasteiger partial charge < -0.3 is 5.32 Å². The third-order valence-corrected chi connectivity index (χ3v) is 2.16. The molecule has 0 aromatic carbocycles. The van der Waals surface area contributed by atoms with Crippen LogP contribution in [0.5, 0.6) is 0 Å². The van der Waals surface area contributed by atoms with Crippen molar-refractivity contribution in [1.29, 1.82) is 0 Å². The SMILES string of the molecule is CC(CNCCF)C1CC1. The summed E-state index contributed by atoms with van der Waals surface area (Å²) in [7, 11) is 0. The van der Waals surface area contributed by atoms with Crippen LogP contribution in [0.25, 0.3) is 0 Å². The number of alkyl halides is 1. The molecule has 1 rings (SSSR count). The van der Waals surface area contributed by atoms with Crippen LogP contribution in [0.2, 0.25) is 0 Å². The molecule has 10 heavy (non-hydrogen) atoms. The summed E-state index contributed by atoms with van der Waals surface area (Å²) in [6.45, 7) is 3.52. The van der Waals surface area contributed by atoms with E-state index in [9.17, 15) is 4.39 Å². The van der Waals surface area contributed by atoms with Gasteiger partial charge in [-0.1, -0.05) is 6.92 Å². The fourth-order valence-corrected chi connectivity index (χ4v) is 1.23. The van der Waals surface area contributed by atoms with Gasteiger partial charge in [0.2, 0.25) is 0 Å². The van der Waals surface area contributed by atoms with Crippen molar-refractivity contribution in [2.75, 3.05) is 19.8 Å². The van der Waals surface area contributed by atoms with Crippen LogP contribution in [0, 0.1) is 11.8 Å². The summed E-state index contributed by atoms with van der Waals surface area (Å²) in [5, 5.41) is 3.08. The maximum absolute atomic E-state index is 11.6. The molecule has 0 saturated heterocycles. The predicted octanol–water partition coefficient (Wildman–Crippen LogP) is 1.59. The number of hydrogen-bond donors (Lipinski definition) is 1. The molecule has 1 aliphatic rings. The highest BCUT2D eigenvalue weighted by atomic mass is 19.1. The van der Waals surface area contributed by atoms with E-state index >= 15 is 0 Å². The van der Waals surface area contributed by atoms with Crippen molar-refractivity contribution in [2.45, 2.75) is 19.8 Å². The average Bonchev–Trinajstić information content (AvgIpc) is 2.69. The Kier molecular flexibility index (Phi) is 3.13. The van der Waals surface area contributed by atoms with Gasteiger partial charge in [-0.05, 0) is 31.2 Å². The number of nitrogens with one attached hydrogen (secondary N) is 1. The Morgan fingerprint density at radius 2 is 2.30 bits per heavy atom. The lowest BCUT2D eigenvalue weighted by atomic mass is 10.1. The van der Waals surface area contributed by atoms with Crippen LogP contribution in [0.1, 0.15) is 19.8 Å². The lowest BCUT2D eigenvalue weighted by Crippen LogP contribution is -2.24. The Labute approximate surface area is 62.0 Å². The van der Waals surface area contributed by atoms with E-state index in [-0.39, 0.29) is 6.67 Å². The molecule has 0 aromatic heterocycles.